The minimum Gasteiger partial charge on any atom is -0.339 e. The van der Waals surface area contributed by atoms with Gasteiger partial charge in [0.2, 0.25) is 11.7 Å². The van der Waals surface area contributed by atoms with Gasteiger partial charge in [0.15, 0.2) is 11.6 Å². The Morgan fingerprint density at radius 2 is 2.00 bits per heavy atom. The average molecular weight is 281 g/mol. The van der Waals surface area contributed by atoms with Crippen LogP contribution < -0.4 is 5.32 Å². The summed E-state index contributed by atoms with van der Waals surface area (Å²) in [6, 6.07) is 3.74. The predicted molar refractivity (Wildman–Crippen MR) is 71.0 cm³/mol. The lowest BCUT2D eigenvalue weighted by Crippen LogP contribution is -2.32. The highest BCUT2D eigenvalue weighted by Crippen LogP contribution is 2.19. The Morgan fingerprint density at radius 1 is 1.25 bits per heavy atom. The predicted octanol–water partition coefficient (Wildman–Crippen LogP) is 2.80. The maximum absolute atomic E-state index is 13.2. The lowest BCUT2D eigenvalue weighted by atomic mass is 10.0. The molecule has 0 saturated carbocycles. The van der Waals surface area contributed by atoms with Crippen LogP contribution in [0.5, 0.6) is 0 Å². The minimum absolute atomic E-state index is 0.216. The van der Waals surface area contributed by atoms with Crippen molar-refractivity contribution >= 4 is 0 Å². The molecule has 0 aliphatic rings. The van der Waals surface area contributed by atoms with Crippen LogP contribution in [0.25, 0.3) is 11.4 Å². The van der Waals surface area contributed by atoms with Crippen LogP contribution in [-0.4, -0.2) is 23.2 Å². The molecule has 20 heavy (non-hydrogen) atoms. The van der Waals surface area contributed by atoms with Gasteiger partial charge < -0.3 is 9.84 Å². The number of benzene rings is 1. The van der Waals surface area contributed by atoms with Gasteiger partial charge >= 0.3 is 0 Å². The molecule has 1 atom stereocenters. The fourth-order valence-corrected chi connectivity index (χ4v) is 1.95. The van der Waals surface area contributed by atoms with Gasteiger partial charge in [-0.25, -0.2) is 8.78 Å². The Hall–Kier alpha value is -1.82. The first kappa shape index (κ1) is 14.6. The van der Waals surface area contributed by atoms with Crippen molar-refractivity contribution in [1.29, 1.82) is 0 Å². The van der Waals surface area contributed by atoms with E-state index < -0.39 is 11.6 Å². The number of likely N-dealkylation sites (N-methyl/N-ethyl adjacent to an activating group) is 1. The molecule has 0 spiro atoms. The number of hydrogen-bond donors (Lipinski definition) is 1. The first-order valence-corrected chi connectivity index (χ1v) is 6.46. The largest absolute Gasteiger partial charge is 0.339 e. The second-order valence-corrected chi connectivity index (χ2v) is 4.98. The van der Waals surface area contributed by atoms with Crippen LogP contribution in [0.15, 0.2) is 22.7 Å². The van der Waals surface area contributed by atoms with Gasteiger partial charge in [-0.1, -0.05) is 19.0 Å². The fraction of sp³-hybridized carbons (Fsp3) is 0.429. The number of aromatic nitrogens is 2. The van der Waals surface area contributed by atoms with Crippen molar-refractivity contribution in [1.82, 2.24) is 15.5 Å². The highest BCUT2D eigenvalue weighted by atomic mass is 19.2. The van der Waals surface area contributed by atoms with Crippen LogP contribution >= 0.6 is 0 Å². The molecule has 0 bridgehead atoms. The first-order chi connectivity index (χ1) is 9.51. The monoisotopic (exact) mass is 281 g/mol. The van der Waals surface area contributed by atoms with E-state index in [0.29, 0.717) is 23.8 Å². The highest BCUT2D eigenvalue weighted by Gasteiger charge is 2.17. The third-order valence-electron chi connectivity index (χ3n) is 3.22. The molecule has 0 aliphatic carbocycles. The normalized spacial score (nSPS) is 12.9. The van der Waals surface area contributed by atoms with E-state index >= 15 is 0 Å². The summed E-state index contributed by atoms with van der Waals surface area (Å²) in [4.78, 5) is 4.21. The molecule has 0 amide bonds. The summed E-state index contributed by atoms with van der Waals surface area (Å²) in [6.45, 7) is 4.18. The van der Waals surface area contributed by atoms with Gasteiger partial charge in [0.1, 0.15) is 0 Å². The number of nitrogens with zero attached hydrogens (tertiary/aromatic N) is 2. The third-order valence-corrected chi connectivity index (χ3v) is 3.22. The number of nitrogens with one attached hydrogen (secondary N) is 1. The maximum atomic E-state index is 13.2. The molecule has 1 unspecified atom stereocenters. The van der Waals surface area contributed by atoms with Crippen LogP contribution in [0, 0.1) is 17.6 Å². The van der Waals surface area contributed by atoms with Gasteiger partial charge in [-0.3, -0.25) is 0 Å². The fourth-order valence-electron chi connectivity index (χ4n) is 1.95. The Labute approximate surface area is 116 Å². The van der Waals surface area contributed by atoms with Gasteiger partial charge in [0, 0.05) is 18.0 Å². The van der Waals surface area contributed by atoms with E-state index in [-0.39, 0.29) is 11.9 Å². The molecule has 6 heteroatoms. The molecule has 1 aromatic carbocycles. The highest BCUT2D eigenvalue weighted by molar-refractivity contribution is 5.54. The molecule has 4 nitrogen and oxygen atoms in total. The van der Waals surface area contributed by atoms with Crippen LogP contribution in [-0.2, 0) is 6.42 Å². The van der Waals surface area contributed by atoms with Crippen LogP contribution in [0.3, 0.4) is 0 Å². The number of halogens is 2. The molecule has 0 saturated heterocycles. The van der Waals surface area contributed by atoms with E-state index in [1.165, 1.54) is 6.07 Å². The molecule has 1 heterocycles. The zero-order valence-electron chi connectivity index (χ0n) is 11.7. The van der Waals surface area contributed by atoms with Crippen LogP contribution in [0.1, 0.15) is 19.7 Å². The average Bonchev–Trinajstić information content (AvgIpc) is 2.87. The van der Waals surface area contributed by atoms with E-state index in [4.69, 9.17) is 4.52 Å². The lowest BCUT2D eigenvalue weighted by molar-refractivity contribution is 0.335. The van der Waals surface area contributed by atoms with Crippen molar-refractivity contribution in [3.63, 3.8) is 0 Å². The summed E-state index contributed by atoms with van der Waals surface area (Å²) < 4.78 is 31.2. The van der Waals surface area contributed by atoms with E-state index in [9.17, 15) is 8.78 Å². The molecule has 108 valence electrons. The zero-order valence-corrected chi connectivity index (χ0v) is 11.7. The van der Waals surface area contributed by atoms with Crippen LogP contribution in [0.2, 0.25) is 0 Å². The van der Waals surface area contributed by atoms with Crippen molar-refractivity contribution in [2.75, 3.05) is 7.05 Å². The Morgan fingerprint density at radius 3 is 2.60 bits per heavy atom. The summed E-state index contributed by atoms with van der Waals surface area (Å²) in [6.07, 6.45) is 0.588. The van der Waals surface area contributed by atoms with Crippen molar-refractivity contribution in [3.8, 4) is 11.4 Å². The van der Waals surface area contributed by atoms with E-state index in [1.807, 2.05) is 7.05 Å². The lowest BCUT2D eigenvalue weighted by Gasteiger charge is -2.17. The summed E-state index contributed by atoms with van der Waals surface area (Å²) in [5.74, 6) is -0.675. The molecule has 0 radical (unpaired) electrons. The van der Waals surface area contributed by atoms with E-state index in [0.717, 1.165) is 12.1 Å². The second-order valence-electron chi connectivity index (χ2n) is 4.98. The molecule has 0 aliphatic heterocycles. The summed E-state index contributed by atoms with van der Waals surface area (Å²) in [5.41, 5.74) is 0.393. The quantitative estimate of drug-likeness (QED) is 0.915. The number of hydrogen-bond acceptors (Lipinski definition) is 4. The summed E-state index contributed by atoms with van der Waals surface area (Å²) in [5, 5.41) is 6.98. The van der Waals surface area contributed by atoms with Crippen molar-refractivity contribution < 1.29 is 13.3 Å². The molecule has 1 aromatic heterocycles. The standard InChI is InChI=1S/C14H17F2N3O/c1-8(2)12(17-3)7-13-18-14(19-20-13)9-4-5-10(15)11(16)6-9/h4-6,8,12,17H,7H2,1-3H3. The summed E-state index contributed by atoms with van der Waals surface area (Å²) >= 11 is 0. The number of rotatable bonds is 5. The van der Waals surface area contributed by atoms with Gasteiger partial charge in [-0.15, -0.1) is 0 Å². The molecular weight excluding hydrogens is 264 g/mol. The van der Waals surface area contributed by atoms with Gasteiger partial charge in [0.05, 0.1) is 0 Å². The Balaban J connectivity index is 2.18. The molecule has 1 N–H and O–H groups in total. The SMILES string of the molecule is CNC(Cc1nc(-c2ccc(F)c(F)c2)no1)C(C)C. The van der Waals surface area contributed by atoms with E-state index in [1.54, 1.807) is 0 Å². The molecule has 0 fully saturated rings. The van der Waals surface area contributed by atoms with Gasteiger partial charge in [-0.2, -0.15) is 4.98 Å². The Bertz CT molecular complexity index is 584. The van der Waals surface area contributed by atoms with E-state index in [2.05, 4.69) is 29.3 Å². The van der Waals surface area contributed by atoms with Crippen molar-refractivity contribution in [2.24, 2.45) is 5.92 Å². The van der Waals surface area contributed by atoms with Crippen molar-refractivity contribution in [3.05, 3.63) is 35.7 Å². The van der Waals surface area contributed by atoms with Gasteiger partial charge in [-0.05, 0) is 31.2 Å². The topological polar surface area (TPSA) is 51.0 Å². The second kappa shape index (κ2) is 6.09. The molecular formula is C14H17F2N3O. The first-order valence-electron chi connectivity index (χ1n) is 6.46. The maximum Gasteiger partial charge on any atom is 0.228 e. The minimum atomic E-state index is -0.927. The molecule has 2 aromatic rings. The van der Waals surface area contributed by atoms with Crippen molar-refractivity contribution in [2.45, 2.75) is 26.3 Å². The summed E-state index contributed by atoms with van der Waals surface area (Å²) in [7, 11) is 1.87. The smallest absolute Gasteiger partial charge is 0.228 e. The molecule has 2 rings (SSSR count). The van der Waals surface area contributed by atoms with Gasteiger partial charge in [0.25, 0.3) is 0 Å². The third kappa shape index (κ3) is 3.19. The Kier molecular flexibility index (Phi) is 4.44. The zero-order chi connectivity index (χ0) is 14.7. The van der Waals surface area contributed by atoms with Crippen LogP contribution in [0.4, 0.5) is 8.78 Å².